The minimum Gasteiger partial charge on any atom is -0.450 e. The summed E-state index contributed by atoms with van der Waals surface area (Å²) in [5, 5.41) is 3.40. The van der Waals surface area contributed by atoms with Gasteiger partial charge in [0.15, 0.2) is 11.2 Å². The molecule has 1 atom stereocenters. The number of amides is 1. The lowest BCUT2D eigenvalue weighted by molar-refractivity contribution is 0.0914. The molecule has 1 amide bonds. The summed E-state index contributed by atoms with van der Waals surface area (Å²) < 4.78 is 5.80. The van der Waals surface area contributed by atoms with Crippen LogP contribution in [0.5, 0.6) is 0 Å². The molecule has 5 nitrogen and oxygen atoms in total. The van der Waals surface area contributed by atoms with Gasteiger partial charge < -0.3 is 14.6 Å². The maximum Gasteiger partial charge on any atom is 0.287 e. The maximum atomic E-state index is 12.7. The van der Waals surface area contributed by atoms with Crippen LogP contribution in [0.4, 0.5) is 0 Å². The van der Waals surface area contributed by atoms with E-state index in [0.29, 0.717) is 17.5 Å². The molecule has 0 saturated carbocycles. The van der Waals surface area contributed by atoms with Gasteiger partial charge in [-0.15, -0.1) is 0 Å². The van der Waals surface area contributed by atoms with Gasteiger partial charge in [-0.25, -0.2) is 0 Å². The number of nitrogens with zero attached hydrogens (tertiary/aromatic N) is 1. The van der Waals surface area contributed by atoms with Crippen LogP contribution in [0.15, 0.2) is 51.7 Å². The molecule has 3 aromatic rings. The molecular formula is C23H26N2O3. The Morgan fingerprint density at radius 2 is 1.75 bits per heavy atom. The first-order valence-corrected chi connectivity index (χ1v) is 9.33. The smallest absolute Gasteiger partial charge is 0.287 e. The van der Waals surface area contributed by atoms with Gasteiger partial charge in [0.05, 0.1) is 11.4 Å². The van der Waals surface area contributed by atoms with Gasteiger partial charge in [0.1, 0.15) is 5.58 Å². The van der Waals surface area contributed by atoms with Crippen LogP contribution in [0.3, 0.4) is 0 Å². The Morgan fingerprint density at radius 3 is 2.39 bits per heavy atom. The molecule has 1 unspecified atom stereocenters. The fraction of sp³-hybridized carbons (Fsp3) is 0.304. The van der Waals surface area contributed by atoms with E-state index < -0.39 is 0 Å². The first-order chi connectivity index (χ1) is 13.3. The second-order valence-corrected chi connectivity index (χ2v) is 7.46. The summed E-state index contributed by atoms with van der Waals surface area (Å²) >= 11 is 0. The number of rotatable bonds is 5. The molecule has 0 aliphatic carbocycles. The first-order valence-electron chi connectivity index (χ1n) is 9.33. The van der Waals surface area contributed by atoms with Crippen LogP contribution in [0.2, 0.25) is 0 Å². The molecule has 28 heavy (non-hydrogen) atoms. The maximum absolute atomic E-state index is 12.7. The van der Waals surface area contributed by atoms with E-state index in [0.717, 1.165) is 16.7 Å². The summed E-state index contributed by atoms with van der Waals surface area (Å²) in [5.41, 5.74) is 4.45. The van der Waals surface area contributed by atoms with E-state index in [-0.39, 0.29) is 23.1 Å². The molecule has 1 heterocycles. The fourth-order valence-corrected chi connectivity index (χ4v) is 3.23. The molecule has 0 fully saturated rings. The number of hydrogen-bond donors (Lipinski definition) is 1. The lowest BCUT2D eigenvalue weighted by Crippen LogP contribution is -2.34. The second-order valence-electron chi connectivity index (χ2n) is 7.46. The van der Waals surface area contributed by atoms with Gasteiger partial charge in [0.2, 0.25) is 0 Å². The van der Waals surface area contributed by atoms with Gasteiger partial charge in [-0.3, -0.25) is 9.59 Å². The third-order valence-electron chi connectivity index (χ3n) is 5.18. The van der Waals surface area contributed by atoms with Crippen LogP contribution in [-0.4, -0.2) is 31.4 Å². The average molecular weight is 378 g/mol. The number of carbonyl (C=O) groups is 1. The highest BCUT2D eigenvalue weighted by atomic mass is 16.3. The summed E-state index contributed by atoms with van der Waals surface area (Å²) in [6.45, 7) is 6.29. The standard InChI is InChI=1S/C23H26N2O3/c1-14-6-9-17(10-7-14)19(25(4)5)13-24-23(27)21-12-20(26)18-11-8-15(2)16(3)22(18)28-21/h6-12,19H,13H2,1-5H3,(H,24,27). The van der Waals surface area contributed by atoms with Crippen LogP contribution in [-0.2, 0) is 0 Å². The van der Waals surface area contributed by atoms with Gasteiger partial charge >= 0.3 is 0 Å². The number of hydrogen-bond acceptors (Lipinski definition) is 4. The average Bonchev–Trinajstić information content (AvgIpc) is 2.66. The second kappa shape index (κ2) is 7.98. The van der Waals surface area contributed by atoms with Crippen molar-refractivity contribution in [3.05, 3.63) is 80.7 Å². The third-order valence-corrected chi connectivity index (χ3v) is 5.18. The minimum atomic E-state index is -0.390. The number of nitrogens with one attached hydrogen (secondary N) is 1. The van der Waals surface area contributed by atoms with E-state index in [9.17, 15) is 9.59 Å². The first kappa shape index (κ1) is 19.8. The van der Waals surface area contributed by atoms with Crippen molar-refractivity contribution < 1.29 is 9.21 Å². The van der Waals surface area contributed by atoms with Crippen LogP contribution in [0.25, 0.3) is 11.0 Å². The monoisotopic (exact) mass is 378 g/mol. The molecule has 0 bridgehead atoms. The Kier molecular flexibility index (Phi) is 5.66. The van der Waals surface area contributed by atoms with Crippen molar-refractivity contribution in [2.75, 3.05) is 20.6 Å². The highest BCUT2D eigenvalue weighted by Crippen LogP contribution is 2.21. The Labute approximate surface area is 165 Å². The zero-order valence-electron chi connectivity index (χ0n) is 17.0. The molecule has 2 aromatic carbocycles. The normalized spacial score (nSPS) is 12.4. The topological polar surface area (TPSA) is 62.6 Å². The number of fused-ring (bicyclic) bond motifs is 1. The predicted molar refractivity (Wildman–Crippen MR) is 112 cm³/mol. The highest BCUT2D eigenvalue weighted by molar-refractivity contribution is 5.93. The molecule has 0 radical (unpaired) electrons. The summed E-state index contributed by atoms with van der Waals surface area (Å²) in [6, 6.07) is 13.1. The Bertz CT molecular complexity index is 1070. The summed E-state index contributed by atoms with van der Waals surface area (Å²) in [4.78, 5) is 27.2. The number of aryl methyl sites for hydroxylation is 3. The van der Waals surface area contributed by atoms with E-state index in [1.165, 1.54) is 11.6 Å². The van der Waals surface area contributed by atoms with Crippen molar-refractivity contribution in [3.8, 4) is 0 Å². The van der Waals surface area contributed by atoms with Gasteiger partial charge in [-0.1, -0.05) is 35.9 Å². The van der Waals surface area contributed by atoms with E-state index in [1.807, 2.05) is 40.9 Å². The minimum absolute atomic E-state index is 0.0145. The molecule has 0 spiro atoms. The summed E-state index contributed by atoms with van der Waals surface area (Å²) in [7, 11) is 3.94. The lowest BCUT2D eigenvalue weighted by Gasteiger charge is -2.25. The van der Waals surface area contributed by atoms with Crippen molar-refractivity contribution in [1.29, 1.82) is 0 Å². The molecule has 0 saturated heterocycles. The molecule has 3 rings (SSSR count). The predicted octanol–water partition coefficient (Wildman–Crippen LogP) is 3.75. The molecular weight excluding hydrogens is 352 g/mol. The van der Waals surface area contributed by atoms with Crippen molar-refractivity contribution in [2.45, 2.75) is 26.8 Å². The quantitative estimate of drug-likeness (QED) is 0.734. The Hall–Kier alpha value is -2.92. The highest BCUT2D eigenvalue weighted by Gasteiger charge is 2.18. The number of likely N-dealkylation sites (N-methyl/N-ethyl adjacent to an activating group) is 1. The van der Waals surface area contributed by atoms with Crippen LogP contribution < -0.4 is 10.7 Å². The zero-order valence-corrected chi connectivity index (χ0v) is 17.0. The zero-order chi connectivity index (χ0) is 20.4. The Balaban J connectivity index is 1.85. The van der Waals surface area contributed by atoms with E-state index >= 15 is 0 Å². The summed E-state index contributed by atoms with van der Waals surface area (Å²) in [5.74, 6) is -0.355. The van der Waals surface area contributed by atoms with Crippen LogP contribution in [0, 0.1) is 20.8 Å². The molecule has 146 valence electrons. The third kappa shape index (κ3) is 3.99. The van der Waals surface area contributed by atoms with Crippen molar-refractivity contribution >= 4 is 16.9 Å². The van der Waals surface area contributed by atoms with E-state index in [2.05, 4.69) is 34.5 Å². The largest absolute Gasteiger partial charge is 0.450 e. The molecule has 1 N–H and O–H groups in total. The molecule has 0 aliphatic rings. The van der Waals surface area contributed by atoms with E-state index in [4.69, 9.17) is 4.42 Å². The molecule has 1 aromatic heterocycles. The van der Waals surface area contributed by atoms with Gasteiger partial charge in [-0.05, 0) is 57.6 Å². The van der Waals surface area contributed by atoms with Crippen molar-refractivity contribution in [3.63, 3.8) is 0 Å². The van der Waals surface area contributed by atoms with Gasteiger partial charge in [0.25, 0.3) is 5.91 Å². The SMILES string of the molecule is Cc1ccc(C(CNC(=O)c2cc(=O)c3ccc(C)c(C)c3o2)N(C)C)cc1. The molecule has 0 aliphatic heterocycles. The van der Waals surface area contributed by atoms with Crippen molar-refractivity contribution in [2.24, 2.45) is 0 Å². The van der Waals surface area contributed by atoms with Crippen molar-refractivity contribution in [1.82, 2.24) is 10.2 Å². The summed E-state index contributed by atoms with van der Waals surface area (Å²) in [6.07, 6.45) is 0. The number of benzene rings is 2. The van der Waals surface area contributed by atoms with Gasteiger partial charge in [0, 0.05) is 12.6 Å². The Morgan fingerprint density at radius 1 is 1.07 bits per heavy atom. The van der Waals surface area contributed by atoms with Crippen LogP contribution in [0.1, 0.15) is 38.9 Å². The fourth-order valence-electron chi connectivity index (χ4n) is 3.23. The molecule has 5 heteroatoms. The van der Waals surface area contributed by atoms with Gasteiger partial charge in [-0.2, -0.15) is 0 Å². The van der Waals surface area contributed by atoms with Crippen LogP contribution >= 0.6 is 0 Å². The van der Waals surface area contributed by atoms with E-state index in [1.54, 1.807) is 6.07 Å². The lowest BCUT2D eigenvalue weighted by atomic mass is 10.0. The number of carbonyl (C=O) groups excluding carboxylic acids is 1.